The number of aromatic nitrogens is 2. The van der Waals surface area contributed by atoms with Gasteiger partial charge in [-0.15, -0.1) is 0 Å². The molecule has 1 aliphatic heterocycles. The van der Waals surface area contributed by atoms with Crippen LogP contribution in [0.4, 0.5) is 16.6 Å². The van der Waals surface area contributed by atoms with Crippen molar-refractivity contribution in [3.63, 3.8) is 0 Å². The van der Waals surface area contributed by atoms with Crippen molar-refractivity contribution in [3.8, 4) is 0 Å². The van der Waals surface area contributed by atoms with Crippen LogP contribution in [0.5, 0.6) is 0 Å². The zero-order valence-electron chi connectivity index (χ0n) is 18.3. The number of anilines is 2. The van der Waals surface area contributed by atoms with Crippen LogP contribution < -0.4 is 21.3 Å². The van der Waals surface area contributed by atoms with Gasteiger partial charge in [0.2, 0.25) is 11.9 Å². The number of fused-ring (bicyclic) bond motifs is 2. The van der Waals surface area contributed by atoms with Gasteiger partial charge in [0.05, 0.1) is 0 Å². The molecule has 2 bridgehead atoms. The molecule has 172 valence electrons. The number of nitrogens with one attached hydrogen (secondary N) is 4. The maximum atomic E-state index is 12.3. The predicted octanol–water partition coefficient (Wildman–Crippen LogP) is 1.97. The number of amides is 2. The molecule has 31 heavy (non-hydrogen) atoms. The number of hydrogen-bond donors (Lipinski definition) is 5. The van der Waals surface area contributed by atoms with E-state index >= 15 is 0 Å². The van der Waals surface area contributed by atoms with Gasteiger partial charge in [0, 0.05) is 38.3 Å². The van der Waals surface area contributed by atoms with E-state index in [0.29, 0.717) is 38.4 Å². The summed E-state index contributed by atoms with van der Waals surface area (Å²) in [4.78, 5) is 44.2. The highest BCUT2D eigenvalue weighted by Gasteiger charge is 2.21. The van der Waals surface area contributed by atoms with E-state index in [-0.39, 0.29) is 23.7 Å². The Morgan fingerprint density at radius 3 is 2.48 bits per heavy atom. The summed E-state index contributed by atoms with van der Waals surface area (Å²) < 4.78 is 5.30. The smallest absolute Gasteiger partial charge is 0.407 e. The lowest BCUT2D eigenvalue weighted by molar-refractivity contribution is -0.121. The third-order valence-electron chi connectivity index (χ3n) is 4.40. The van der Waals surface area contributed by atoms with Gasteiger partial charge in [-0.2, -0.15) is 4.98 Å². The summed E-state index contributed by atoms with van der Waals surface area (Å²) in [6, 6.07) is -0.411. The monoisotopic (exact) mass is 436 g/mol. The second-order valence-electron chi connectivity index (χ2n) is 8.36. The molecule has 0 spiro atoms. The maximum absolute atomic E-state index is 12.3. The van der Waals surface area contributed by atoms with Crippen molar-refractivity contribution in [2.75, 3.05) is 30.3 Å². The first-order chi connectivity index (χ1) is 14.6. The highest BCUT2D eigenvalue weighted by molar-refractivity contribution is 5.92. The van der Waals surface area contributed by atoms with Gasteiger partial charge in [0.15, 0.2) is 0 Å². The lowest BCUT2D eigenvalue weighted by Crippen LogP contribution is -2.42. The van der Waals surface area contributed by atoms with Crippen LogP contribution in [0, 0.1) is 0 Å². The summed E-state index contributed by atoms with van der Waals surface area (Å²) in [6.07, 6.45) is 3.42. The number of alkyl carbamates (subject to hydrolysis) is 1. The molecule has 1 aliphatic rings. The lowest BCUT2D eigenvalue weighted by Gasteiger charge is -2.23. The molecule has 2 rings (SSSR count). The highest BCUT2D eigenvalue weighted by Crippen LogP contribution is 2.15. The molecule has 1 atom stereocenters. The molecule has 11 heteroatoms. The molecule has 0 saturated carbocycles. The van der Waals surface area contributed by atoms with Crippen molar-refractivity contribution in [1.29, 1.82) is 0 Å². The molecule has 5 N–H and O–H groups in total. The largest absolute Gasteiger partial charge is 0.477 e. The van der Waals surface area contributed by atoms with Crippen LogP contribution in [0.3, 0.4) is 0 Å². The molecule has 0 saturated heterocycles. The fourth-order valence-corrected chi connectivity index (χ4v) is 2.99. The van der Waals surface area contributed by atoms with Gasteiger partial charge in [0.25, 0.3) is 0 Å². The molecule has 2 heterocycles. The van der Waals surface area contributed by atoms with Crippen LogP contribution in [0.2, 0.25) is 0 Å². The van der Waals surface area contributed by atoms with Crippen LogP contribution in [0.15, 0.2) is 6.20 Å². The van der Waals surface area contributed by atoms with Crippen molar-refractivity contribution in [1.82, 2.24) is 20.6 Å². The van der Waals surface area contributed by atoms with E-state index in [0.717, 1.165) is 12.8 Å². The molecule has 0 radical (unpaired) electrons. The second kappa shape index (κ2) is 11.3. The molecule has 1 aromatic rings. The van der Waals surface area contributed by atoms with Gasteiger partial charge in [0.1, 0.15) is 17.0 Å². The Labute approximate surface area is 181 Å². The van der Waals surface area contributed by atoms with Gasteiger partial charge in [-0.1, -0.05) is 0 Å². The SMILES string of the molecule is CC(C)(C)OC(=O)NC1CCCNc2nc(ncc2C(=O)O)NCCCCNC(=O)C1. The van der Waals surface area contributed by atoms with E-state index in [1.54, 1.807) is 20.8 Å². The Morgan fingerprint density at radius 2 is 1.81 bits per heavy atom. The average molecular weight is 437 g/mol. The first-order valence-corrected chi connectivity index (χ1v) is 10.5. The molecular formula is C20H32N6O5. The molecular weight excluding hydrogens is 404 g/mol. The molecule has 0 fully saturated rings. The van der Waals surface area contributed by atoms with E-state index in [2.05, 4.69) is 31.2 Å². The average Bonchev–Trinajstić information content (AvgIpc) is 2.65. The van der Waals surface area contributed by atoms with Crippen molar-refractivity contribution in [3.05, 3.63) is 11.8 Å². The second-order valence-corrected chi connectivity index (χ2v) is 8.36. The standard InChI is InChI=1S/C20H32N6O5/c1-20(2,3)31-19(30)25-13-7-6-10-22-16-14(17(28)29)12-24-18(26-16)23-9-5-4-8-21-15(27)11-13/h12-13H,4-11H2,1-3H3,(H,21,27)(H,25,30)(H,28,29)(H2,22,23,24,26). The number of carbonyl (C=O) groups is 3. The minimum absolute atomic E-state index is 0.0190. The summed E-state index contributed by atoms with van der Waals surface area (Å²) in [5.74, 6) is -0.694. The quantitative estimate of drug-likeness (QED) is 0.468. The zero-order chi connectivity index (χ0) is 22.9. The number of nitrogens with zero attached hydrogens (tertiary/aromatic N) is 2. The molecule has 1 unspecified atom stereocenters. The number of rotatable bonds is 2. The van der Waals surface area contributed by atoms with Crippen molar-refractivity contribution in [2.24, 2.45) is 0 Å². The Bertz CT molecular complexity index is 780. The Balaban J connectivity index is 2.08. The fourth-order valence-electron chi connectivity index (χ4n) is 2.99. The molecule has 0 aromatic carbocycles. The van der Waals surface area contributed by atoms with Gasteiger partial charge >= 0.3 is 12.1 Å². The number of carbonyl (C=O) groups excluding carboxylic acids is 2. The van der Waals surface area contributed by atoms with E-state index in [9.17, 15) is 19.5 Å². The minimum Gasteiger partial charge on any atom is -0.477 e. The minimum atomic E-state index is -1.12. The summed E-state index contributed by atoms with van der Waals surface area (Å²) in [5.41, 5.74) is -0.660. The number of aromatic carboxylic acids is 1. The van der Waals surface area contributed by atoms with E-state index in [1.807, 2.05) is 0 Å². The van der Waals surface area contributed by atoms with Crippen molar-refractivity contribution in [2.45, 2.75) is 64.5 Å². The van der Waals surface area contributed by atoms with Crippen molar-refractivity contribution >= 4 is 29.7 Å². The normalized spacial score (nSPS) is 18.7. The summed E-state index contributed by atoms with van der Waals surface area (Å²) in [5, 5.41) is 21.1. The third-order valence-corrected chi connectivity index (χ3v) is 4.40. The van der Waals surface area contributed by atoms with Crippen LogP contribution in [0.25, 0.3) is 0 Å². The highest BCUT2D eigenvalue weighted by atomic mass is 16.6. The Hall–Kier alpha value is -3.11. The topological polar surface area (TPSA) is 155 Å². The molecule has 11 nitrogen and oxygen atoms in total. The van der Waals surface area contributed by atoms with Crippen molar-refractivity contribution < 1.29 is 24.2 Å². The predicted molar refractivity (Wildman–Crippen MR) is 115 cm³/mol. The number of carboxylic acids is 1. The fraction of sp³-hybridized carbons (Fsp3) is 0.650. The van der Waals surface area contributed by atoms with E-state index in [1.165, 1.54) is 6.20 Å². The van der Waals surface area contributed by atoms with E-state index < -0.39 is 23.7 Å². The molecule has 1 aromatic heterocycles. The first-order valence-electron chi connectivity index (χ1n) is 10.5. The van der Waals surface area contributed by atoms with Gasteiger partial charge in [-0.25, -0.2) is 14.6 Å². The van der Waals surface area contributed by atoms with E-state index in [4.69, 9.17) is 4.74 Å². The number of hydrogen-bond acceptors (Lipinski definition) is 8. The molecule has 2 amide bonds. The number of carboxylic acid groups (broad SMARTS) is 1. The van der Waals surface area contributed by atoms with Crippen LogP contribution in [0.1, 0.15) is 63.2 Å². The lowest BCUT2D eigenvalue weighted by atomic mass is 10.1. The van der Waals surface area contributed by atoms with Gasteiger partial charge < -0.3 is 31.1 Å². The van der Waals surface area contributed by atoms with Crippen LogP contribution >= 0.6 is 0 Å². The third kappa shape index (κ3) is 9.06. The van der Waals surface area contributed by atoms with Gasteiger partial charge in [-0.3, -0.25) is 4.79 Å². The summed E-state index contributed by atoms with van der Waals surface area (Å²) in [7, 11) is 0. The Kier molecular flexibility index (Phi) is 8.83. The summed E-state index contributed by atoms with van der Waals surface area (Å²) in [6.45, 7) is 6.83. The van der Waals surface area contributed by atoms with Crippen LogP contribution in [-0.4, -0.2) is 64.3 Å². The maximum Gasteiger partial charge on any atom is 0.407 e. The van der Waals surface area contributed by atoms with Gasteiger partial charge in [-0.05, 0) is 46.5 Å². The molecule has 0 aliphatic carbocycles. The Morgan fingerprint density at radius 1 is 1.13 bits per heavy atom. The first kappa shape index (κ1) is 24.2. The van der Waals surface area contributed by atoms with Crippen LogP contribution in [-0.2, 0) is 9.53 Å². The number of ether oxygens (including phenoxy) is 1. The zero-order valence-corrected chi connectivity index (χ0v) is 18.3. The summed E-state index contributed by atoms with van der Waals surface area (Å²) >= 11 is 0.